The average Bonchev–Trinajstić information content (AvgIpc) is 2.67. The van der Waals surface area contributed by atoms with Crippen LogP contribution in [0.25, 0.3) is 0 Å². The van der Waals surface area contributed by atoms with E-state index < -0.39 is 15.9 Å². The lowest BCUT2D eigenvalue weighted by Crippen LogP contribution is -2.35. The van der Waals surface area contributed by atoms with E-state index in [1.165, 1.54) is 38.2 Å². The first-order valence-corrected chi connectivity index (χ1v) is 10.8. The second-order valence-corrected chi connectivity index (χ2v) is 8.96. The van der Waals surface area contributed by atoms with Gasteiger partial charge in [0.25, 0.3) is 0 Å². The summed E-state index contributed by atoms with van der Waals surface area (Å²) < 4.78 is 26.5. The van der Waals surface area contributed by atoms with E-state index in [0.717, 1.165) is 16.3 Å². The molecule has 8 heteroatoms. The summed E-state index contributed by atoms with van der Waals surface area (Å²) in [4.78, 5) is 23.6. The van der Waals surface area contributed by atoms with Gasteiger partial charge in [-0.1, -0.05) is 32.0 Å². The summed E-state index contributed by atoms with van der Waals surface area (Å²) in [5.41, 5.74) is 2.21. The van der Waals surface area contributed by atoms with Crippen LogP contribution in [-0.4, -0.2) is 38.1 Å². The van der Waals surface area contributed by atoms with Crippen molar-refractivity contribution in [1.29, 1.82) is 0 Å². The molecule has 0 aliphatic carbocycles. The molecule has 0 aromatic heterocycles. The molecule has 0 fully saturated rings. The summed E-state index contributed by atoms with van der Waals surface area (Å²) >= 11 is 0. The number of sulfonamides is 1. The van der Waals surface area contributed by atoms with Crippen molar-refractivity contribution in [2.45, 2.75) is 38.0 Å². The lowest BCUT2D eigenvalue weighted by molar-refractivity contribution is -0.116. The fourth-order valence-corrected chi connectivity index (χ4v) is 3.96. The largest absolute Gasteiger partial charge is 0.326 e. The van der Waals surface area contributed by atoms with E-state index in [9.17, 15) is 18.0 Å². The van der Waals surface area contributed by atoms with Crippen LogP contribution in [-0.2, 0) is 19.6 Å². The Morgan fingerprint density at radius 2 is 1.66 bits per heavy atom. The van der Waals surface area contributed by atoms with E-state index in [0.29, 0.717) is 11.4 Å². The predicted molar refractivity (Wildman–Crippen MR) is 114 cm³/mol. The lowest BCUT2D eigenvalue weighted by atomic mass is 9.97. The molecule has 1 atom stereocenters. The molecular weight excluding hydrogens is 390 g/mol. The van der Waals surface area contributed by atoms with Gasteiger partial charge in [0.1, 0.15) is 0 Å². The van der Waals surface area contributed by atoms with Crippen molar-refractivity contribution in [3.05, 3.63) is 54.1 Å². The minimum atomic E-state index is -3.84. The van der Waals surface area contributed by atoms with Gasteiger partial charge in [0.05, 0.1) is 11.4 Å². The maximum absolute atomic E-state index is 12.7. The molecular formula is C21H27N3O4S. The molecule has 7 nitrogen and oxygen atoms in total. The van der Waals surface area contributed by atoms with E-state index >= 15 is 0 Å². The highest BCUT2D eigenvalue weighted by molar-refractivity contribution is 7.89. The number of carbonyl (C=O) groups is 2. The van der Waals surface area contributed by atoms with Gasteiger partial charge in [0.2, 0.25) is 21.8 Å². The van der Waals surface area contributed by atoms with Crippen LogP contribution >= 0.6 is 0 Å². The highest BCUT2D eigenvalue weighted by Crippen LogP contribution is 2.26. The average molecular weight is 418 g/mol. The monoisotopic (exact) mass is 417 g/mol. The maximum atomic E-state index is 12.7. The number of nitrogens with zero attached hydrogens (tertiary/aromatic N) is 1. The zero-order chi connectivity index (χ0) is 21.6. The van der Waals surface area contributed by atoms with Crippen LogP contribution in [0.15, 0.2) is 53.4 Å². The summed E-state index contributed by atoms with van der Waals surface area (Å²) in [7, 11) is -2.48. The SMILES string of the molecule is CC[C@H](C)c1ccccc1NC(=O)CN(C)S(=O)(=O)c1ccc(NC(C)=O)cc1. The standard InChI is InChI=1S/C21H27N3O4S/c1-5-15(2)19-8-6-7-9-20(19)23-21(26)14-24(4)29(27,28)18-12-10-17(11-13-18)22-16(3)25/h6-13,15H,5,14H2,1-4H3,(H,22,25)(H,23,26)/t15-/m0/s1. The van der Waals surface area contributed by atoms with Crippen molar-refractivity contribution in [2.75, 3.05) is 24.2 Å². The van der Waals surface area contributed by atoms with Gasteiger partial charge in [-0.25, -0.2) is 8.42 Å². The van der Waals surface area contributed by atoms with E-state index in [1.54, 1.807) is 0 Å². The molecule has 2 amide bonds. The first-order chi connectivity index (χ1) is 13.6. The number of carbonyl (C=O) groups excluding carboxylic acids is 2. The van der Waals surface area contributed by atoms with Crippen LogP contribution in [0.4, 0.5) is 11.4 Å². The summed E-state index contributed by atoms with van der Waals surface area (Å²) in [5, 5.41) is 5.40. The Hall–Kier alpha value is -2.71. The first-order valence-electron chi connectivity index (χ1n) is 9.38. The van der Waals surface area contributed by atoms with E-state index in [4.69, 9.17) is 0 Å². The quantitative estimate of drug-likeness (QED) is 0.688. The Morgan fingerprint density at radius 1 is 1.03 bits per heavy atom. The number of likely N-dealkylation sites (N-methyl/N-ethyl adjacent to an activating group) is 1. The van der Waals surface area contributed by atoms with Crippen LogP contribution in [0.2, 0.25) is 0 Å². The number of nitrogens with one attached hydrogen (secondary N) is 2. The summed E-state index contributed by atoms with van der Waals surface area (Å²) in [5.74, 6) is -0.385. The molecule has 0 spiro atoms. The molecule has 2 aromatic carbocycles. The Bertz CT molecular complexity index is 972. The maximum Gasteiger partial charge on any atom is 0.243 e. The number of para-hydroxylation sites is 1. The van der Waals surface area contributed by atoms with Gasteiger partial charge in [-0.05, 0) is 48.2 Å². The van der Waals surface area contributed by atoms with Crippen LogP contribution in [0.3, 0.4) is 0 Å². The number of anilines is 2. The third kappa shape index (κ3) is 5.88. The molecule has 0 aliphatic heterocycles. The van der Waals surface area contributed by atoms with Crippen molar-refractivity contribution < 1.29 is 18.0 Å². The zero-order valence-electron chi connectivity index (χ0n) is 17.1. The number of benzene rings is 2. The van der Waals surface area contributed by atoms with Crippen molar-refractivity contribution >= 4 is 33.2 Å². The lowest BCUT2D eigenvalue weighted by Gasteiger charge is -2.19. The second kappa shape index (κ2) is 9.67. The molecule has 0 aliphatic rings. The smallest absolute Gasteiger partial charge is 0.243 e. The Balaban J connectivity index is 2.10. The van der Waals surface area contributed by atoms with Crippen molar-refractivity contribution in [3.8, 4) is 0 Å². The Morgan fingerprint density at radius 3 is 2.24 bits per heavy atom. The summed E-state index contributed by atoms with van der Waals surface area (Å²) in [6.45, 7) is 5.20. The molecule has 0 unspecified atom stereocenters. The van der Waals surface area contributed by atoms with Gasteiger partial charge in [-0.3, -0.25) is 9.59 Å². The normalized spacial score (nSPS) is 12.4. The van der Waals surface area contributed by atoms with Gasteiger partial charge in [-0.15, -0.1) is 0 Å². The Labute approximate surface area is 172 Å². The van der Waals surface area contributed by atoms with Gasteiger partial charge < -0.3 is 10.6 Å². The van der Waals surface area contributed by atoms with E-state index in [2.05, 4.69) is 24.5 Å². The van der Waals surface area contributed by atoms with Crippen LogP contribution < -0.4 is 10.6 Å². The topological polar surface area (TPSA) is 95.6 Å². The highest BCUT2D eigenvalue weighted by Gasteiger charge is 2.23. The van der Waals surface area contributed by atoms with Crippen molar-refractivity contribution in [3.63, 3.8) is 0 Å². The molecule has 0 radical (unpaired) electrons. The van der Waals surface area contributed by atoms with E-state index in [-0.39, 0.29) is 23.3 Å². The molecule has 0 saturated carbocycles. The second-order valence-electron chi connectivity index (χ2n) is 6.91. The molecule has 2 rings (SSSR count). The predicted octanol–water partition coefficient (Wildman–Crippen LogP) is 3.42. The minimum Gasteiger partial charge on any atom is -0.326 e. The highest BCUT2D eigenvalue weighted by atomic mass is 32.2. The number of hydrogen-bond acceptors (Lipinski definition) is 4. The van der Waals surface area contributed by atoms with Gasteiger partial charge in [0, 0.05) is 25.3 Å². The number of amides is 2. The zero-order valence-corrected chi connectivity index (χ0v) is 17.9. The molecule has 156 valence electrons. The van der Waals surface area contributed by atoms with Crippen molar-refractivity contribution in [2.24, 2.45) is 0 Å². The van der Waals surface area contributed by atoms with Gasteiger partial charge in [-0.2, -0.15) is 4.31 Å². The first kappa shape index (κ1) is 22.6. The van der Waals surface area contributed by atoms with E-state index in [1.807, 2.05) is 24.3 Å². The number of hydrogen-bond donors (Lipinski definition) is 2. The number of rotatable bonds is 8. The molecule has 0 saturated heterocycles. The fourth-order valence-electron chi connectivity index (χ4n) is 2.83. The molecule has 0 bridgehead atoms. The molecule has 0 heterocycles. The Kier molecular flexibility index (Phi) is 7.53. The van der Waals surface area contributed by atoms with Crippen LogP contribution in [0.1, 0.15) is 38.7 Å². The summed E-state index contributed by atoms with van der Waals surface area (Å²) in [6.07, 6.45) is 0.926. The van der Waals surface area contributed by atoms with Gasteiger partial charge >= 0.3 is 0 Å². The fraction of sp³-hybridized carbons (Fsp3) is 0.333. The molecule has 2 aromatic rings. The molecule has 29 heavy (non-hydrogen) atoms. The van der Waals surface area contributed by atoms with Crippen molar-refractivity contribution in [1.82, 2.24) is 4.31 Å². The third-order valence-corrected chi connectivity index (χ3v) is 6.44. The third-order valence-electron chi connectivity index (χ3n) is 4.63. The summed E-state index contributed by atoms with van der Waals surface area (Å²) in [6, 6.07) is 13.3. The van der Waals surface area contributed by atoms with Crippen LogP contribution in [0.5, 0.6) is 0 Å². The van der Waals surface area contributed by atoms with Gasteiger partial charge in [0.15, 0.2) is 0 Å². The molecule has 2 N–H and O–H groups in total. The van der Waals surface area contributed by atoms with Crippen LogP contribution in [0, 0.1) is 0 Å². The minimum absolute atomic E-state index is 0.0434.